The van der Waals surface area contributed by atoms with E-state index in [9.17, 15) is 0 Å². The maximum Gasteiger partial charge on any atom is 0.167 e. The monoisotopic (exact) mass is 671 g/mol. The third kappa shape index (κ3) is 4.43. The molecule has 0 saturated heterocycles. The number of thiophene rings is 1. The molecular formula is C45H25N3O2S. The quantitative estimate of drug-likeness (QED) is 0.186. The molecule has 4 heterocycles. The van der Waals surface area contributed by atoms with Gasteiger partial charge in [0.05, 0.1) is 5.56 Å². The average molecular weight is 672 g/mol. The summed E-state index contributed by atoms with van der Waals surface area (Å²) in [6.07, 6.45) is 0. The molecule has 0 radical (unpaired) electrons. The highest BCUT2D eigenvalue weighted by molar-refractivity contribution is 7.25. The Hall–Kier alpha value is -6.63. The fourth-order valence-corrected chi connectivity index (χ4v) is 8.51. The molecule has 0 atom stereocenters. The number of fused-ring (bicyclic) bond motifs is 9. The first-order chi connectivity index (χ1) is 25.2. The minimum absolute atomic E-state index is 0.543. The van der Waals surface area contributed by atoms with Gasteiger partial charge in [-0.15, -0.1) is 11.3 Å². The van der Waals surface area contributed by atoms with Crippen LogP contribution in [0.25, 0.3) is 109 Å². The van der Waals surface area contributed by atoms with Gasteiger partial charge in [0.2, 0.25) is 0 Å². The van der Waals surface area contributed by atoms with Gasteiger partial charge in [0, 0.05) is 52.8 Å². The van der Waals surface area contributed by atoms with Crippen LogP contribution in [-0.4, -0.2) is 15.0 Å². The number of hydrogen-bond donors (Lipinski definition) is 0. The van der Waals surface area contributed by atoms with Crippen molar-refractivity contribution in [1.82, 2.24) is 15.0 Å². The van der Waals surface area contributed by atoms with Crippen LogP contribution in [0, 0.1) is 0 Å². The summed E-state index contributed by atoms with van der Waals surface area (Å²) in [6.45, 7) is 0. The Morgan fingerprint density at radius 1 is 0.373 bits per heavy atom. The molecule has 51 heavy (non-hydrogen) atoms. The first kappa shape index (κ1) is 28.2. The standard InChI is InChI=1S/C45H25N3O2S/c1-2-10-26(11-3-1)43-46-44(28-21-22-31-30-12-4-6-17-36(30)49-38(31)24-28)48-45(47-43)35-16-8-15-34-41-29(14-9-18-37(41)50-42(34)35)27-20-23-33-32-13-5-7-19-39(32)51-40(33)25-27/h1-25H. The van der Waals surface area contributed by atoms with Gasteiger partial charge in [-0.3, -0.25) is 0 Å². The van der Waals surface area contributed by atoms with Gasteiger partial charge in [0.15, 0.2) is 17.5 Å². The van der Waals surface area contributed by atoms with Gasteiger partial charge in [-0.2, -0.15) is 0 Å². The Balaban J connectivity index is 1.10. The normalized spacial score (nSPS) is 11.9. The van der Waals surface area contributed by atoms with Crippen LogP contribution < -0.4 is 0 Å². The van der Waals surface area contributed by atoms with Crippen LogP contribution in [0.1, 0.15) is 0 Å². The highest BCUT2D eigenvalue weighted by Crippen LogP contribution is 2.42. The molecule has 0 aliphatic carbocycles. The summed E-state index contributed by atoms with van der Waals surface area (Å²) in [4.78, 5) is 15.1. The summed E-state index contributed by atoms with van der Waals surface area (Å²) < 4.78 is 15.5. The Bertz CT molecular complexity index is 3160. The van der Waals surface area contributed by atoms with E-state index in [2.05, 4.69) is 84.9 Å². The molecule has 0 fully saturated rings. The van der Waals surface area contributed by atoms with E-state index in [1.54, 1.807) is 0 Å². The zero-order chi connectivity index (χ0) is 33.5. The lowest BCUT2D eigenvalue weighted by Crippen LogP contribution is -2.00. The second kappa shape index (κ2) is 10.9. The smallest absolute Gasteiger partial charge is 0.167 e. The van der Waals surface area contributed by atoms with Crippen molar-refractivity contribution in [1.29, 1.82) is 0 Å². The minimum Gasteiger partial charge on any atom is -0.456 e. The lowest BCUT2D eigenvalue weighted by atomic mass is 9.98. The summed E-state index contributed by atoms with van der Waals surface area (Å²) in [6, 6.07) is 52.2. The highest BCUT2D eigenvalue weighted by Gasteiger charge is 2.20. The van der Waals surface area contributed by atoms with Crippen LogP contribution in [0.5, 0.6) is 0 Å². The van der Waals surface area contributed by atoms with Crippen LogP contribution in [0.3, 0.4) is 0 Å². The van der Waals surface area contributed by atoms with Crippen molar-refractivity contribution in [3.05, 3.63) is 152 Å². The second-order valence-corrected chi connectivity index (χ2v) is 13.8. The molecule has 0 aliphatic heterocycles. The number of nitrogens with zero attached hydrogens (tertiary/aromatic N) is 3. The molecule has 7 aromatic carbocycles. The van der Waals surface area contributed by atoms with Gasteiger partial charge in [-0.05, 0) is 53.6 Å². The van der Waals surface area contributed by atoms with Crippen LogP contribution in [0.15, 0.2) is 160 Å². The SMILES string of the molecule is c1ccc(-c2nc(-c3ccc4c(c3)oc3ccccc34)nc(-c3cccc4c3oc3cccc(-c5ccc6c(c5)sc5ccccc56)c34)n2)cc1. The minimum atomic E-state index is 0.543. The summed E-state index contributed by atoms with van der Waals surface area (Å²) in [5.41, 5.74) is 8.04. The van der Waals surface area contributed by atoms with E-state index in [0.29, 0.717) is 17.5 Å². The molecule has 6 heteroatoms. The summed E-state index contributed by atoms with van der Waals surface area (Å²) in [5.74, 6) is 1.69. The van der Waals surface area contributed by atoms with E-state index in [0.717, 1.165) is 71.7 Å². The van der Waals surface area contributed by atoms with E-state index >= 15 is 0 Å². The van der Waals surface area contributed by atoms with Crippen LogP contribution in [0.2, 0.25) is 0 Å². The second-order valence-electron chi connectivity index (χ2n) is 12.8. The molecule has 0 bridgehead atoms. The zero-order valence-electron chi connectivity index (χ0n) is 27.0. The van der Waals surface area contributed by atoms with Gasteiger partial charge in [0.1, 0.15) is 22.3 Å². The predicted octanol–water partition coefficient (Wildman–Crippen LogP) is 12.7. The van der Waals surface area contributed by atoms with E-state index in [-0.39, 0.29) is 0 Å². The number of hydrogen-bond acceptors (Lipinski definition) is 6. The highest BCUT2D eigenvalue weighted by atomic mass is 32.1. The Morgan fingerprint density at radius 2 is 1.02 bits per heavy atom. The topological polar surface area (TPSA) is 65.0 Å². The lowest BCUT2D eigenvalue weighted by Gasteiger charge is -2.09. The van der Waals surface area contributed by atoms with Crippen molar-refractivity contribution in [2.75, 3.05) is 0 Å². The number of para-hydroxylation sites is 2. The Morgan fingerprint density at radius 3 is 1.94 bits per heavy atom. The fourth-order valence-electron chi connectivity index (χ4n) is 7.36. The third-order valence-electron chi connectivity index (χ3n) is 9.76. The van der Waals surface area contributed by atoms with Gasteiger partial charge >= 0.3 is 0 Å². The largest absolute Gasteiger partial charge is 0.456 e. The van der Waals surface area contributed by atoms with Crippen LogP contribution >= 0.6 is 11.3 Å². The molecule has 0 N–H and O–H groups in total. The van der Waals surface area contributed by atoms with Crippen molar-refractivity contribution in [3.63, 3.8) is 0 Å². The number of aromatic nitrogens is 3. The first-order valence-electron chi connectivity index (χ1n) is 16.8. The van der Waals surface area contributed by atoms with Crippen molar-refractivity contribution in [2.45, 2.75) is 0 Å². The molecule has 11 rings (SSSR count). The van der Waals surface area contributed by atoms with Crippen molar-refractivity contribution >= 4 is 75.4 Å². The molecule has 5 nitrogen and oxygen atoms in total. The first-order valence-corrected chi connectivity index (χ1v) is 17.7. The Labute approximate surface area is 295 Å². The van der Waals surface area contributed by atoms with Gasteiger partial charge in [0.25, 0.3) is 0 Å². The fraction of sp³-hybridized carbons (Fsp3) is 0. The molecule has 238 valence electrons. The van der Waals surface area contributed by atoms with Crippen LogP contribution in [-0.2, 0) is 0 Å². The van der Waals surface area contributed by atoms with Gasteiger partial charge in [-0.25, -0.2) is 15.0 Å². The molecule has 4 aromatic heterocycles. The average Bonchev–Trinajstić information content (AvgIpc) is 3.88. The van der Waals surface area contributed by atoms with E-state index in [1.165, 1.54) is 20.2 Å². The Kier molecular flexibility index (Phi) is 6.05. The van der Waals surface area contributed by atoms with Crippen molar-refractivity contribution in [2.24, 2.45) is 0 Å². The maximum absolute atomic E-state index is 6.71. The summed E-state index contributed by atoms with van der Waals surface area (Å²) in [5, 5.41) is 6.81. The molecule has 0 saturated carbocycles. The molecule has 11 aromatic rings. The molecule has 0 spiro atoms. The summed E-state index contributed by atoms with van der Waals surface area (Å²) in [7, 11) is 0. The van der Waals surface area contributed by atoms with E-state index < -0.39 is 0 Å². The number of rotatable bonds is 4. The maximum atomic E-state index is 6.71. The molecule has 0 aliphatic rings. The predicted molar refractivity (Wildman–Crippen MR) is 209 cm³/mol. The van der Waals surface area contributed by atoms with Crippen LogP contribution in [0.4, 0.5) is 0 Å². The number of benzene rings is 7. The molecule has 0 unspecified atom stereocenters. The van der Waals surface area contributed by atoms with Crippen molar-refractivity contribution in [3.8, 4) is 45.3 Å². The summed E-state index contributed by atoms with van der Waals surface area (Å²) >= 11 is 1.83. The molecule has 0 amide bonds. The van der Waals surface area contributed by atoms with E-state index in [1.807, 2.05) is 78.1 Å². The molecular weight excluding hydrogens is 647 g/mol. The van der Waals surface area contributed by atoms with Gasteiger partial charge < -0.3 is 8.83 Å². The zero-order valence-corrected chi connectivity index (χ0v) is 27.8. The van der Waals surface area contributed by atoms with Crippen molar-refractivity contribution < 1.29 is 8.83 Å². The van der Waals surface area contributed by atoms with Gasteiger partial charge in [-0.1, -0.05) is 109 Å². The lowest BCUT2D eigenvalue weighted by molar-refractivity contribution is 0.668. The van der Waals surface area contributed by atoms with E-state index in [4.69, 9.17) is 23.8 Å². The number of furan rings is 2. The third-order valence-corrected chi connectivity index (χ3v) is 10.9.